The molecular weight excluding hydrogens is 432 g/mol. The highest BCUT2D eigenvalue weighted by Crippen LogP contribution is 2.35. The molecule has 2 bridgehead atoms. The van der Waals surface area contributed by atoms with E-state index in [-0.39, 0.29) is 11.8 Å². The van der Waals surface area contributed by atoms with Crippen LogP contribution in [0.1, 0.15) is 62.4 Å². The topological polar surface area (TPSA) is 56.8 Å². The Bertz CT molecular complexity index is 974. The predicted molar refractivity (Wildman–Crippen MR) is 131 cm³/mol. The molecule has 1 aromatic carbocycles. The first kappa shape index (κ1) is 22.5. The molecule has 2 aliphatic heterocycles. The first-order valence-corrected chi connectivity index (χ1v) is 13.2. The van der Waals surface area contributed by atoms with Gasteiger partial charge < -0.3 is 9.80 Å². The number of carbonyl (C=O) groups excluding carboxylic acids is 2. The maximum absolute atomic E-state index is 13.4. The summed E-state index contributed by atoms with van der Waals surface area (Å²) in [5.74, 6) is 0.888. The van der Waals surface area contributed by atoms with Gasteiger partial charge in [-0.05, 0) is 49.7 Å². The van der Waals surface area contributed by atoms with Gasteiger partial charge >= 0.3 is 0 Å². The zero-order valence-corrected chi connectivity index (χ0v) is 20.3. The summed E-state index contributed by atoms with van der Waals surface area (Å²) in [4.78, 5) is 37.3. The summed E-state index contributed by atoms with van der Waals surface area (Å²) in [7, 11) is 0. The van der Waals surface area contributed by atoms with Crippen molar-refractivity contribution in [3.63, 3.8) is 0 Å². The molecule has 6 nitrogen and oxygen atoms in total. The molecule has 5 rings (SSSR count). The lowest BCUT2D eigenvalue weighted by Gasteiger charge is -2.43. The van der Waals surface area contributed by atoms with Crippen LogP contribution in [0.15, 0.2) is 35.8 Å². The van der Waals surface area contributed by atoms with E-state index in [9.17, 15) is 9.59 Å². The maximum Gasteiger partial charge on any atom is 0.223 e. The smallest absolute Gasteiger partial charge is 0.223 e. The molecule has 1 aromatic heterocycles. The summed E-state index contributed by atoms with van der Waals surface area (Å²) in [6.45, 7) is 4.50. The number of hydrogen-bond acceptors (Lipinski definition) is 5. The molecule has 3 aliphatic rings. The van der Waals surface area contributed by atoms with Gasteiger partial charge in [-0.2, -0.15) is 0 Å². The van der Waals surface area contributed by atoms with E-state index in [2.05, 4.69) is 20.9 Å². The fraction of sp³-hybridized carbons (Fsp3) is 0.577. The fourth-order valence-electron chi connectivity index (χ4n) is 5.52. The highest BCUT2D eigenvalue weighted by atomic mass is 32.1. The van der Waals surface area contributed by atoms with E-state index >= 15 is 0 Å². The number of thiazole rings is 1. The van der Waals surface area contributed by atoms with Crippen molar-refractivity contribution in [1.29, 1.82) is 0 Å². The lowest BCUT2D eigenvalue weighted by Crippen LogP contribution is -2.52. The molecule has 2 fully saturated rings. The Hall–Kier alpha value is -2.25. The summed E-state index contributed by atoms with van der Waals surface area (Å²) in [6.07, 6.45) is 9.22. The van der Waals surface area contributed by atoms with Gasteiger partial charge in [-0.15, -0.1) is 11.3 Å². The second-order valence-corrected chi connectivity index (χ2v) is 10.8. The van der Waals surface area contributed by atoms with Gasteiger partial charge in [0.1, 0.15) is 5.01 Å². The van der Waals surface area contributed by atoms with Gasteiger partial charge in [0, 0.05) is 62.3 Å². The number of piperidine rings is 1. The molecule has 7 heteroatoms. The SMILES string of the molecule is CC(=O)N1CCC2CCCC(CN(C(=O)CC3CC3)Cc3ccccc31)N2Cc1nccs1. The van der Waals surface area contributed by atoms with Crippen LogP contribution in [-0.2, 0) is 22.7 Å². The first-order valence-electron chi connectivity index (χ1n) is 12.4. The molecule has 1 aliphatic carbocycles. The third-order valence-corrected chi connectivity index (χ3v) is 8.23. The summed E-state index contributed by atoms with van der Waals surface area (Å²) in [6, 6.07) is 8.86. The molecule has 3 heterocycles. The minimum Gasteiger partial charge on any atom is -0.337 e. The van der Waals surface area contributed by atoms with Gasteiger partial charge in [0.15, 0.2) is 0 Å². The van der Waals surface area contributed by atoms with Gasteiger partial charge in [-0.25, -0.2) is 4.98 Å². The Morgan fingerprint density at radius 2 is 1.91 bits per heavy atom. The quantitative estimate of drug-likeness (QED) is 0.668. The number of aromatic nitrogens is 1. The van der Waals surface area contributed by atoms with Gasteiger partial charge in [-0.1, -0.05) is 24.6 Å². The van der Waals surface area contributed by atoms with Crippen LogP contribution in [0.5, 0.6) is 0 Å². The van der Waals surface area contributed by atoms with Crippen LogP contribution >= 0.6 is 11.3 Å². The Balaban J connectivity index is 1.50. The highest BCUT2D eigenvalue weighted by Gasteiger charge is 2.36. The van der Waals surface area contributed by atoms with Crippen LogP contribution in [0, 0.1) is 5.92 Å². The number of carbonyl (C=O) groups is 2. The third kappa shape index (κ3) is 5.30. The minimum atomic E-state index is 0.0661. The third-order valence-electron chi connectivity index (χ3n) is 7.47. The Morgan fingerprint density at radius 1 is 1.09 bits per heavy atom. The van der Waals surface area contributed by atoms with Crippen LogP contribution in [0.4, 0.5) is 5.69 Å². The van der Waals surface area contributed by atoms with E-state index in [0.29, 0.717) is 37.5 Å². The van der Waals surface area contributed by atoms with Crippen molar-refractivity contribution in [2.75, 3.05) is 18.0 Å². The van der Waals surface area contributed by atoms with Crippen LogP contribution in [0.2, 0.25) is 0 Å². The first-order chi connectivity index (χ1) is 16.1. The number of rotatable bonds is 4. The zero-order chi connectivity index (χ0) is 22.8. The molecule has 1 saturated carbocycles. The number of hydrogen-bond donors (Lipinski definition) is 0. The van der Waals surface area contributed by atoms with Crippen LogP contribution in [-0.4, -0.2) is 51.8 Å². The average Bonchev–Trinajstić information content (AvgIpc) is 3.46. The van der Waals surface area contributed by atoms with Crippen molar-refractivity contribution >= 4 is 28.8 Å². The number of para-hydroxylation sites is 1. The molecule has 2 amide bonds. The van der Waals surface area contributed by atoms with E-state index < -0.39 is 0 Å². The van der Waals surface area contributed by atoms with Crippen LogP contribution in [0.25, 0.3) is 0 Å². The van der Waals surface area contributed by atoms with Gasteiger partial charge in [-0.3, -0.25) is 14.5 Å². The molecule has 33 heavy (non-hydrogen) atoms. The number of fused-ring (bicyclic) bond motifs is 3. The summed E-state index contributed by atoms with van der Waals surface area (Å²) >= 11 is 1.70. The van der Waals surface area contributed by atoms with Crippen LogP contribution in [0.3, 0.4) is 0 Å². The molecule has 2 atom stereocenters. The van der Waals surface area contributed by atoms with E-state index in [0.717, 1.165) is 48.6 Å². The molecule has 0 radical (unpaired) electrons. The number of anilines is 1. The van der Waals surface area contributed by atoms with Gasteiger partial charge in [0.2, 0.25) is 11.8 Å². The molecular formula is C26H34N4O2S. The van der Waals surface area contributed by atoms with E-state index in [1.54, 1.807) is 18.3 Å². The van der Waals surface area contributed by atoms with Crippen molar-refractivity contribution < 1.29 is 9.59 Å². The van der Waals surface area contributed by atoms with E-state index in [1.807, 2.05) is 34.7 Å². The fourth-order valence-corrected chi connectivity index (χ4v) is 6.14. The molecule has 2 unspecified atom stereocenters. The molecule has 1 saturated heterocycles. The van der Waals surface area contributed by atoms with Gasteiger partial charge in [0.25, 0.3) is 0 Å². The van der Waals surface area contributed by atoms with Crippen molar-refractivity contribution in [3.05, 3.63) is 46.4 Å². The van der Waals surface area contributed by atoms with E-state index in [1.165, 1.54) is 19.3 Å². The Morgan fingerprint density at radius 3 is 2.67 bits per heavy atom. The molecule has 0 spiro atoms. The van der Waals surface area contributed by atoms with E-state index in [4.69, 9.17) is 0 Å². The number of benzene rings is 1. The second kappa shape index (κ2) is 9.94. The normalized spacial score (nSPS) is 24.2. The van der Waals surface area contributed by atoms with Crippen molar-refractivity contribution in [1.82, 2.24) is 14.8 Å². The molecule has 176 valence electrons. The van der Waals surface area contributed by atoms with Crippen molar-refractivity contribution in [2.24, 2.45) is 5.92 Å². The monoisotopic (exact) mass is 466 g/mol. The Kier molecular flexibility index (Phi) is 6.79. The lowest BCUT2D eigenvalue weighted by molar-refractivity contribution is -0.133. The zero-order valence-electron chi connectivity index (χ0n) is 19.5. The standard InChI is InChI=1S/C26H34N4O2S/c1-19(31)29-13-11-22-6-4-7-23(30(22)18-25-27-12-14-33-25)17-28(26(32)15-20-9-10-20)16-21-5-2-3-8-24(21)29/h2-3,5,8,12,14,20,22-23H,4,6-7,9-11,13,15-18H2,1H3. The number of amides is 2. The van der Waals surface area contributed by atoms with Crippen molar-refractivity contribution in [3.8, 4) is 0 Å². The highest BCUT2D eigenvalue weighted by molar-refractivity contribution is 7.09. The molecule has 2 aromatic rings. The average molecular weight is 467 g/mol. The second-order valence-electron chi connectivity index (χ2n) is 9.85. The molecule has 0 N–H and O–H groups in total. The number of nitrogens with zero attached hydrogens (tertiary/aromatic N) is 4. The van der Waals surface area contributed by atoms with Gasteiger partial charge in [0.05, 0.1) is 6.54 Å². The largest absolute Gasteiger partial charge is 0.337 e. The summed E-state index contributed by atoms with van der Waals surface area (Å²) < 4.78 is 0. The van der Waals surface area contributed by atoms with Crippen molar-refractivity contribution in [2.45, 2.75) is 77.0 Å². The predicted octanol–water partition coefficient (Wildman–Crippen LogP) is 4.45. The van der Waals surface area contributed by atoms with Crippen LogP contribution < -0.4 is 4.90 Å². The summed E-state index contributed by atoms with van der Waals surface area (Å²) in [5, 5.41) is 3.17. The Labute approximate surface area is 200 Å². The minimum absolute atomic E-state index is 0.0661. The summed E-state index contributed by atoms with van der Waals surface area (Å²) in [5.41, 5.74) is 2.02. The lowest BCUT2D eigenvalue weighted by atomic mass is 9.92. The maximum atomic E-state index is 13.4.